The van der Waals surface area contributed by atoms with Crippen molar-refractivity contribution in [1.29, 1.82) is 0 Å². The minimum atomic E-state index is -1.27. The van der Waals surface area contributed by atoms with Gasteiger partial charge in [0.25, 0.3) is 0 Å². The van der Waals surface area contributed by atoms with Crippen LogP contribution in [0.25, 0.3) is 11.1 Å². The molecule has 170 valence electrons. The third kappa shape index (κ3) is 5.03. The van der Waals surface area contributed by atoms with E-state index in [1.54, 1.807) is 24.1 Å². The van der Waals surface area contributed by atoms with Crippen LogP contribution in [0.2, 0.25) is 0 Å². The smallest absolute Gasteiger partial charge is 0.407 e. The van der Waals surface area contributed by atoms with Crippen LogP contribution in [0.4, 0.5) is 4.79 Å². The number of alkyl carbamates (subject to hydrolysis) is 1. The minimum absolute atomic E-state index is 0.0664. The van der Waals surface area contributed by atoms with E-state index in [0.717, 1.165) is 27.8 Å². The molecule has 9 heteroatoms. The van der Waals surface area contributed by atoms with Crippen molar-refractivity contribution in [2.24, 2.45) is 7.05 Å². The number of aliphatic carboxylic acids is 1. The SMILES string of the molecule is Cn1cc(CNC(=O)C(CC(=O)O)NC(=O)OCC2c3ccccc3-c3ccccc32)cn1. The molecule has 2 aromatic carbocycles. The average molecular weight is 448 g/mol. The molecular weight excluding hydrogens is 424 g/mol. The topological polar surface area (TPSA) is 123 Å². The number of aryl methyl sites for hydroxylation is 1. The Morgan fingerprint density at radius 3 is 2.30 bits per heavy atom. The number of nitrogens with zero attached hydrogens (tertiary/aromatic N) is 2. The highest BCUT2D eigenvalue weighted by molar-refractivity contribution is 5.89. The summed E-state index contributed by atoms with van der Waals surface area (Å²) in [4.78, 5) is 36.2. The third-order valence-electron chi connectivity index (χ3n) is 5.56. The monoisotopic (exact) mass is 448 g/mol. The number of aromatic nitrogens is 2. The fourth-order valence-corrected chi connectivity index (χ4v) is 4.04. The number of hydrogen-bond acceptors (Lipinski definition) is 5. The molecule has 0 saturated heterocycles. The number of fused-ring (bicyclic) bond motifs is 3. The molecule has 0 saturated carbocycles. The lowest BCUT2D eigenvalue weighted by atomic mass is 9.98. The van der Waals surface area contributed by atoms with Crippen molar-refractivity contribution < 1.29 is 24.2 Å². The van der Waals surface area contributed by atoms with Gasteiger partial charge in [0.05, 0.1) is 12.6 Å². The first-order valence-electron chi connectivity index (χ1n) is 10.5. The van der Waals surface area contributed by atoms with Crippen LogP contribution in [-0.2, 0) is 27.9 Å². The quantitative estimate of drug-likeness (QED) is 0.486. The Hall–Kier alpha value is -4.14. The molecule has 1 aliphatic carbocycles. The molecule has 0 fully saturated rings. The Balaban J connectivity index is 1.38. The molecular formula is C24H24N4O5. The van der Waals surface area contributed by atoms with Gasteiger partial charge in [-0.05, 0) is 22.3 Å². The van der Waals surface area contributed by atoms with E-state index in [1.807, 2.05) is 48.5 Å². The van der Waals surface area contributed by atoms with Gasteiger partial charge < -0.3 is 20.5 Å². The van der Waals surface area contributed by atoms with Crippen LogP contribution in [0.5, 0.6) is 0 Å². The zero-order chi connectivity index (χ0) is 23.4. The first-order chi connectivity index (χ1) is 15.9. The standard InChI is InChI=1S/C24H24N4O5/c1-28-13-15(12-26-28)11-25-23(31)21(10-22(29)30)27-24(32)33-14-20-18-8-4-2-6-16(18)17-7-3-5-9-19(17)20/h2-9,12-13,20-21H,10-11,14H2,1H3,(H,25,31)(H,27,32)(H,29,30). The molecule has 0 spiro atoms. The van der Waals surface area contributed by atoms with Crippen LogP contribution in [-0.4, -0.2) is 45.5 Å². The lowest BCUT2D eigenvalue weighted by molar-refractivity contribution is -0.139. The first kappa shape index (κ1) is 22.1. The average Bonchev–Trinajstić information content (AvgIpc) is 3.36. The van der Waals surface area contributed by atoms with E-state index in [2.05, 4.69) is 15.7 Å². The second-order valence-electron chi connectivity index (χ2n) is 7.86. The largest absolute Gasteiger partial charge is 0.481 e. The number of nitrogens with one attached hydrogen (secondary N) is 2. The number of carboxylic acids is 1. The normalized spacial score (nSPS) is 13.0. The summed E-state index contributed by atoms with van der Waals surface area (Å²) in [5, 5.41) is 18.2. The molecule has 1 aromatic heterocycles. The van der Waals surface area contributed by atoms with E-state index in [4.69, 9.17) is 9.84 Å². The predicted octanol–water partition coefficient (Wildman–Crippen LogP) is 2.42. The summed E-state index contributed by atoms with van der Waals surface area (Å²) in [7, 11) is 1.75. The molecule has 0 bridgehead atoms. The van der Waals surface area contributed by atoms with Crippen LogP contribution in [0.15, 0.2) is 60.9 Å². The Labute approximate surface area is 190 Å². The summed E-state index contributed by atoms with van der Waals surface area (Å²) in [5.74, 6) is -1.97. The molecule has 4 rings (SSSR count). The molecule has 0 radical (unpaired) electrons. The van der Waals surface area contributed by atoms with Gasteiger partial charge in [-0.25, -0.2) is 4.79 Å². The minimum Gasteiger partial charge on any atom is -0.481 e. The fourth-order valence-electron chi connectivity index (χ4n) is 4.04. The molecule has 3 N–H and O–H groups in total. The van der Waals surface area contributed by atoms with Gasteiger partial charge in [-0.15, -0.1) is 0 Å². The van der Waals surface area contributed by atoms with Crippen molar-refractivity contribution in [3.05, 3.63) is 77.6 Å². The van der Waals surface area contributed by atoms with Gasteiger partial charge in [0.2, 0.25) is 5.91 Å². The maximum atomic E-state index is 12.5. The highest BCUT2D eigenvalue weighted by atomic mass is 16.5. The van der Waals surface area contributed by atoms with Crippen molar-refractivity contribution in [3.63, 3.8) is 0 Å². The second-order valence-corrected chi connectivity index (χ2v) is 7.86. The number of ether oxygens (including phenoxy) is 1. The summed E-state index contributed by atoms with van der Waals surface area (Å²) >= 11 is 0. The van der Waals surface area contributed by atoms with E-state index in [1.165, 1.54) is 0 Å². The number of carbonyl (C=O) groups is 3. The summed E-state index contributed by atoms with van der Waals surface area (Å²) in [6, 6.07) is 14.6. The molecule has 3 aromatic rings. The van der Waals surface area contributed by atoms with Gasteiger partial charge in [-0.2, -0.15) is 5.10 Å². The number of amides is 2. The van der Waals surface area contributed by atoms with Crippen molar-refractivity contribution in [1.82, 2.24) is 20.4 Å². The summed E-state index contributed by atoms with van der Waals surface area (Å²) in [5.41, 5.74) is 5.06. The van der Waals surface area contributed by atoms with E-state index >= 15 is 0 Å². The van der Waals surface area contributed by atoms with E-state index in [9.17, 15) is 14.4 Å². The van der Waals surface area contributed by atoms with Crippen LogP contribution in [0.1, 0.15) is 29.0 Å². The van der Waals surface area contributed by atoms with Gasteiger partial charge in [0.15, 0.2) is 0 Å². The van der Waals surface area contributed by atoms with E-state index in [0.29, 0.717) is 0 Å². The number of carbonyl (C=O) groups excluding carboxylic acids is 2. The number of carboxylic acid groups (broad SMARTS) is 1. The van der Waals surface area contributed by atoms with Crippen LogP contribution < -0.4 is 10.6 Å². The number of rotatable bonds is 8. The molecule has 9 nitrogen and oxygen atoms in total. The molecule has 1 atom stereocenters. The molecule has 1 heterocycles. The summed E-state index contributed by atoms with van der Waals surface area (Å²) in [6.45, 7) is 0.228. The van der Waals surface area contributed by atoms with Crippen LogP contribution in [0.3, 0.4) is 0 Å². The molecule has 2 amide bonds. The van der Waals surface area contributed by atoms with Crippen molar-refractivity contribution in [3.8, 4) is 11.1 Å². The molecule has 33 heavy (non-hydrogen) atoms. The highest BCUT2D eigenvalue weighted by Crippen LogP contribution is 2.44. The Bertz CT molecular complexity index is 1140. The highest BCUT2D eigenvalue weighted by Gasteiger charge is 2.30. The Kier molecular flexibility index (Phi) is 6.39. The lowest BCUT2D eigenvalue weighted by Crippen LogP contribution is -2.48. The van der Waals surface area contributed by atoms with Gasteiger partial charge in [0, 0.05) is 31.3 Å². The van der Waals surface area contributed by atoms with Crippen molar-refractivity contribution in [2.45, 2.75) is 24.9 Å². The van der Waals surface area contributed by atoms with E-state index in [-0.39, 0.29) is 19.1 Å². The number of benzene rings is 2. The van der Waals surface area contributed by atoms with Crippen LogP contribution in [0, 0.1) is 0 Å². The maximum absolute atomic E-state index is 12.5. The van der Waals surface area contributed by atoms with Gasteiger partial charge in [0.1, 0.15) is 12.6 Å². The van der Waals surface area contributed by atoms with Gasteiger partial charge in [-0.3, -0.25) is 14.3 Å². The summed E-state index contributed by atoms with van der Waals surface area (Å²) in [6.07, 6.45) is 1.90. The summed E-state index contributed by atoms with van der Waals surface area (Å²) < 4.78 is 7.02. The Morgan fingerprint density at radius 2 is 1.73 bits per heavy atom. The van der Waals surface area contributed by atoms with Gasteiger partial charge >= 0.3 is 12.1 Å². The lowest BCUT2D eigenvalue weighted by Gasteiger charge is -2.18. The van der Waals surface area contributed by atoms with Crippen molar-refractivity contribution in [2.75, 3.05) is 6.61 Å². The first-order valence-corrected chi connectivity index (χ1v) is 10.5. The Morgan fingerprint density at radius 1 is 1.09 bits per heavy atom. The number of hydrogen-bond donors (Lipinski definition) is 3. The third-order valence-corrected chi connectivity index (χ3v) is 5.56. The maximum Gasteiger partial charge on any atom is 0.407 e. The molecule has 1 unspecified atom stereocenters. The zero-order valence-corrected chi connectivity index (χ0v) is 18.0. The van der Waals surface area contributed by atoms with Gasteiger partial charge in [-0.1, -0.05) is 48.5 Å². The zero-order valence-electron chi connectivity index (χ0n) is 18.0. The van der Waals surface area contributed by atoms with Crippen molar-refractivity contribution >= 4 is 18.0 Å². The van der Waals surface area contributed by atoms with Crippen LogP contribution >= 0.6 is 0 Å². The molecule has 0 aliphatic heterocycles. The second kappa shape index (κ2) is 9.56. The predicted molar refractivity (Wildman–Crippen MR) is 119 cm³/mol. The van der Waals surface area contributed by atoms with E-state index < -0.39 is 30.4 Å². The molecule has 1 aliphatic rings. The fraction of sp³-hybridized carbons (Fsp3) is 0.250.